The Balaban J connectivity index is 2.48. The number of carboxylic acid groups (broad SMARTS) is 1. The SMILES string of the molecule is O=C(O)/C(=C\c1ccccc1O)c1cccs1. The number of phenolic OH excluding ortho intramolecular Hbond substituents is 1. The van der Waals surface area contributed by atoms with E-state index >= 15 is 0 Å². The number of carbonyl (C=O) groups is 1. The van der Waals surface area contributed by atoms with Gasteiger partial charge in [0.05, 0.1) is 5.57 Å². The van der Waals surface area contributed by atoms with Crippen molar-refractivity contribution in [2.75, 3.05) is 0 Å². The second kappa shape index (κ2) is 4.84. The first kappa shape index (κ1) is 11.4. The number of rotatable bonds is 3. The van der Waals surface area contributed by atoms with Gasteiger partial charge in [-0.3, -0.25) is 0 Å². The van der Waals surface area contributed by atoms with Gasteiger partial charge in [-0.15, -0.1) is 11.3 Å². The van der Waals surface area contributed by atoms with Crippen molar-refractivity contribution in [3.63, 3.8) is 0 Å². The number of phenols is 1. The van der Waals surface area contributed by atoms with E-state index in [1.807, 2.05) is 5.38 Å². The molecule has 2 rings (SSSR count). The predicted octanol–water partition coefficient (Wildman–Crippen LogP) is 3.08. The molecule has 0 unspecified atom stereocenters. The molecule has 0 atom stereocenters. The zero-order chi connectivity index (χ0) is 12.3. The summed E-state index contributed by atoms with van der Waals surface area (Å²) in [4.78, 5) is 11.8. The zero-order valence-electron chi connectivity index (χ0n) is 8.83. The second-order valence-corrected chi connectivity index (χ2v) is 4.35. The van der Waals surface area contributed by atoms with E-state index in [2.05, 4.69) is 0 Å². The summed E-state index contributed by atoms with van der Waals surface area (Å²) in [7, 11) is 0. The summed E-state index contributed by atoms with van der Waals surface area (Å²) in [6.07, 6.45) is 1.48. The van der Waals surface area contributed by atoms with Gasteiger partial charge in [0.2, 0.25) is 0 Å². The Morgan fingerprint density at radius 1 is 1.18 bits per heavy atom. The van der Waals surface area contributed by atoms with Crippen LogP contribution in [0.25, 0.3) is 11.6 Å². The molecule has 0 bridgehead atoms. The summed E-state index contributed by atoms with van der Waals surface area (Å²) in [6, 6.07) is 10.2. The lowest BCUT2D eigenvalue weighted by molar-refractivity contribution is -0.130. The van der Waals surface area contributed by atoms with Gasteiger partial charge < -0.3 is 10.2 Å². The highest BCUT2D eigenvalue weighted by molar-refractivity contribution is 7.11. The molecule has 0 radical (unpaired) electrons. The number of benzene rings is 1. The molecule has 86 valence electrons. The molecule has 0 saturated heterocycles. The first-order valence-corrected chi connectivity index (χ1v) is 5.83. The molecule has 2 aromatic rings. The van der Waals surface area contributed by atoms with E-state index in [0.29, 0.717) is 10.4 Å². The summed E-state index contributed by atoms with van der Waals surface area (Å²) in [5, 5.41) is 20.6. The van der Waals surface area contributed by atoms with Gasteiger partial charge in [0.1, 0.15) is 5.75 Å². The lowest BCUT2D eigenvalue weighted by Gasteiger charge is -2.01. The number of aliphatic carboxylic acids is 1. The highest BCUT2D eigenvalue weighted by Crippen LogP contribution is 2.26. The summed E-state index contributed by atoms with van der Waals surface area (Å²) < 4.78 is 0. The van der Waals surface area contributed by atoms with Gasteiger partial charge in [-0.1, -0.05) is 24.3 Å². The van der Waals surface area contributed by atoms with Gasteiger partial charge in [-0.05, 0) is 23.6 Å². The maximum absolute atomic E-state index is 11.2. The lowest BCUT2D eigenvalue weighted by atomic mass is 10.1. The van der Waals surface area contributed by atoms with Crippen molar-refractivity contribution >= 4 is 29.0 Å². The Bertz CT molecular complexity index is 556. The van der Waals surface area contributed by atoms with E-state index in [0.717, 1.165) is 0 Å². The summed E-state index contributed by atoms with van der Waals surface area (Å²) in [5.41, 5.74) is 0.680. The Morgan fingerprint density at radius 2 is 1.94 bits per heavy atom. The fourth-order valence-electron chi connectivity index (χ4n) is 1.44. The van der Waals surface area contributed by atoms with Gasteiger partial charge in [0.15, 0.2) is 0 Å². The molecule has 2 N–H and O–H groups in total. The van der Waals surface area contributed by atoms with Gasteiger partial charge in [0.25, 0.3) is 0 Å². The molecule has 3 nitrogen and oxygen atoms in total. The van der Waals surface area contributed by atoms with Crippen molar-refractivity contribution in [1.82, 2.24) is 0 Å². The van der Waals surface area contributed by atoms with Crippen LogP contribution in [0, 0.1) is 0 Å². The molecule has 1 aromatic heterocycles. The highest BCUT2D eigenvalue weighted by atomic mass is 32.1. The van der Waals surface area contributed by atoms with Crippen LogP contribution in [0.15, 0.2) is 41.8 Å². The van der Waals surface area contributed by atoms with Gasteiger partial charge >= 0.3 is 5.97 Å². The quantitative estimate of drug-likeness (QED) is 0.818. The first-order valence-electron chi connectivity index (χ1n) is 4.95. The molecule has 0 aliphatic carbocycles. The normalized spacial score (nSPS) is 11.4. The Morgan fingerprint density at radius 3 is 2.53 bits per heavy atom. The van der Waals surface area contributed by atoms with E-state index in [-0.39, 0.29) is 11.3 Å². The van der Waals surface area contributed by atoms with Gasteiger partial charge in [-0.2, -0.15) is 0 Å². The van der Waals surface area contributed by atoms with Crippen molar-refractivity contribution in [3.8, 4) is 5.75 Å². The van der Waals surface area contributed by atoms with Crippen molar-refractivity contribution in [3.05, 3.63) is 52.2 Å². The maximum Gasteiger partial charge on any atom is 0.337 e. The Labute approximate surface area is 102 Å². The minimum Gasteiger partial charge on any atom is -0.507 e. The fraction of sp³-hybridized carbons (Fsp3) is 0. The number of hydrogen-bond donors (Lipinski definition) is 2. The molecular weight excluding hydrogens is 236 g/mol. The van der Waals surface area contributed by atoms with Crippen LogP contribution in [-0.4, -0.2) is 16.2 Å². The highest BCUT2D eigenvalue weighted by Gasteiger charge is 2.12. The van der Waals surface area contributed by atoms with E-state index in [4.69, 9.17) is 5.11 Å². The summed E-state index contributed by atoms with van der Waals surface area (Å²) in [5.74, 6) is -0.932. The van der Waals surface area contributed by atoms with E-state index in [1.165, 1.54) is 23.5 Å². The van der Waals surface area contributed by atoms with Crippen molar-refractivity contribution < 1.29 is 15.0 Å². The van der Waals surface area contributed by atoms with Crippen LogP contribution in [-0.2, 0) is 4.79 Å². The summed E-state index contributed by atoms with van der Waals surface area (Å²) in [6.45, 7) is 0. The molecule has 0 saturated carbocycles. The average molecular weight is 246 g/mol. The zero-order valence-corrected chi connectivity index (χ0v) is 9.65. The third-order valence-corrected chi connectivity index (χ3v) is 3.16. The smallest absolute Gasteiger partial charge is 0.337 e. The van der Waals surface area contributed by atoms with Crippen LogP contribution < -0.4 is 0 Å². The molecular formula is C13H10O3S. The van der Waals surface area contributed by atoms with Crippen molar-refractivity contribution in [2.45, 2.75) is 0 Å². The van der Waals surface area contributed by atoms with Crippen molar-refractivity contribution in [1.29, 1.82) is 0 Å². The molecule has 0 aliphatic rings. The number of aromatic hydroxyl groups is 1. The Hall–Kier alpha value is -2.07. The second-order valence-electron chi connectivity index (χ2n) is 3.40. The first-order chi connectivity index (χ1) is 8.18. The molecule has 0 fully saturated rings. The lowest BCUT2D eigenvalue weighted by Crippen LogP contribution is -1.97. The Kier molecular flexibility index (Phi) is 3.25. The van der Waals surface area contributed by atoms with E-state index in [9.17, 15) is 9.90 Å². The third-order valence-electron chi connectivity index (χ3n) is 2.25. The molecule has 4 heteroatoms. The maximum atomic E-state index is 11.2. The van der Waals surface area contributed by atoms with Crippen LogP contribution >= 0.6 is 11.3 Å². The molecule has 0 spiro atoms. The number of para-hydroxylation sites is 1. The van der Waals surface area contributed by atoms with E-state index < -0.39 is 5.97 Å². The van der Waals surface area contributed by atoms with E-state index in [1.54, 1.807) is 30.3 Å². The van der Waals surface area contributed by atoms with Crippen LogP contribution in [0.2, 0.25) is 0 Å². The number of hydrogen-bond acceptors (Lipinski definition) is 3. The monoisotopic (exact) mass is 246 g/mol. The van der Waals surface area contributed by atoms with Gasteiger partial charge in [0, 0.05) is 10.4 Å². The largest absolute Gasteiger partial charge is 0.507 e. The molecule has 17 heavy (non-hydrogen) atoms. The number of thiophene rings is 1. The average Bonchev–Trinajstić information content (AvgIpc) is 2.81. The minimum absolute atomic E-state index is 0.0720. The molecule has 0 aliphatic heterocycles. The third kappa shape index (κ3) is 2.54. The predicted molar refractivity (Wildman–Crippen MR) is 67.9 cm³/mol. The minimum atomic E-state index is -1.00. The topological polar surface area (TPSA) is 57.5 Å². The van der Waals surface area contributed by atoms with Crippen LogP contribution in [0.4, 0.5) is 0 Å². The van der Waals surface area contributed by atoms with Crippen LogP contribution in [0.5, 0.6) is 5.75 Å². The standard InChI is InChI=1S/C13H10O3S/c14-11-5-2-1-4-9(11)8-10(13(15)16)12-6-3-7-17-12/h1-8,14H,(H,15,16)/b10-8-. The van der Waals surface area contributed by atoms with Gasteiger partial charge in [-0.25, -0.2) is 4.79 Å². The molecule has 1 aromatic carbocycles. The fourth-order valence-corrected chi connectivity index (χ4v) is 2.17. The molecule has 0 amide bonds. The van der Waals surface area contributed by atoms with Crippen molar-refractivity contribution in [2.24, 2.45) is 0 Å². The molecule has 1 heterocycles. The van der Waals surface area contributed by atoms with Crippen LogP contribution in [0.1, 0.15) is 10.4 Å². The number of carboxylic acids is 1. The summed E-state index contributed by atoms with van der Waals surface area (Å²) >= 11 is 1.35. The van der Waals surface area contributed by atoms with Crippen LogP contribution in [0.3, 0.4) is 0 Å².